The summed E-state index contributed by atoms with van der Waals surface area (Å²) in [6.45, 7) is 0. The molecule has 1 aromatic heterocycles. The van der Waals surface area contributed by atoms with Gasteiger partial charge in [-0.05, 0) is 132 Å². The molecule has 0 spiro atoms. The van der Waals surface area contributed by atoms with E-state index in [9.17, 15) is 0 Å². The third-order valence-electron chi connectivity index (χ3n) is 14.2. The van der Waals surface area contributed by atoms with Crippen LogP contribution in [0, 0.1) is 0 Å². The first-order chi connectivity index (χ1) is 34.3. The Morgan fingerprint density at radius 2 is 0.725 bits per heavy atom. The zero-order valence-electron chi connectivity index (χ0n) is 37.6. The SMILES string of the molecule is c1ccc(N(c2ccc3c(c2)-c2ccccc2-c2ccccc2N3c2ccccc2)c2ccc3c(c2)c2ccccc2c2ccccc2c2ccccc2c2c3ccc3c4ccccc4oc32)cc1. The van der Waals surface area contributed by atoms with Crippen LogP contribution in [0.5, 0.6) is 0 Å². The predicted molar refractivity (Wildman–Crippen MR) is 293 cm³/mol. The van der Waals surface area contributed by atoms with Crippen LogP contribution in [-0.4, -0.2) is 0 Å². The molecule has 3 nitrogen and oxygen atoms in total. The predicted octanol–water partition coefficient (Wildman–Crippen LogP) is 19.1. The second kappa shape index (κ2) is 15.7. The Kier molecular flexibility index (Phi) is 8.90. The first kappa shape index (κ1) is 39.0. The monoisotopic (exact) mass is 878 g/mol. The Morgan fingerprint density at radius 3 is 1.43 bits per heavy atom. The van der Waals surface area contributed by atoms with Crippen LogP contribution >= 0.6 is 0 Å². The molecule has 13 aromatic rings. The standard InChI is InChI=1S/C66H42N2O/c1-3-19-43(20-4-1)67(46-36-40-63-61(42-46)53-29-12-10-26-50(53)55-30-15-17-33-62(55)68(63)44-21-5-2-6-22-44)45-35-37-54-58-38-39-59-56-31-16-18-34-64(56)69-66(59)65(58)57-32-14-13-27-51(57)48-24-8-7-23-47(48)49-25-9-11-28-52(49)60(54)41-45/h1-42H. The van der Waals surface area contributed by atoms with E-state index in [0.29, 0.717) is 0 Å². The molecule has 0 saturated carbocycles. The number of benzene rings is 11. The van der Waals surface area contributed by atoms with E-state index in [0.717, 1.165) is 93.9 Å². The van der Waals surface area contributed by atoms with E-state index in [-0.39, 0.29) is 0 Å². The lowest BCUT2D eigenvalue weighted by molar-refractivity contribution is 0.673. The second-order valence-corrected chi connectivity index (χ2v) is 17.9. The van der Waals surface area contributed by atoms with Crippen LogP contribution < -0.4 is 9.80 Å². The highest BCUT2D eigenvalue weighted by Crippen LogP contribution is 2.52. The van der Waals surface area contributed by atoms with Crippen molar-refractivity contribution in [3.8, 4) is 22.3 Å². The van der Waals surface area contributed by atoms with E-state index in [1.807, 2.05) is 0 Å². The number of hydrogen-bond donors (Lipinski definition) is 0. The van der Waals surface area contributed by atoms with Crippen LogP contribution in [0.25, 0.3) is 98.1 Å². The first-order valence-electron chi connectivity index (χ1n) is 23.7. The summed E-state index contributed by atoms with van der Waals surface area (Å²) in [5.41, 5.74) is 13.1. The molecule has 0 saturated heterocycles. The summed E-state index contributed by atoms with van der Waals surface area (Å²) in [4.78, 5) is 4.84. The Balaban J connectivity index is 1.10. The molecule has 14 rings (SSSR count). The van der Waals surface area contributed by atoms with Gasteiger partial charge in [0, 0.05) is 50.0 Å². The average Bonchev–Trinajstić information content (AvgIpc) is 3.75. The van der Waals surface area contributed by atoms with Gasteiger partial charge in [0.15, 0.2) is 0 Å². The molecule has 12 aromatic carbocycles. The van der Waals surface area contributed by atoms with Crippen LogP contribution in [0.2, 0.25) is 0 Å². The van der Waals surface area contributed by atoms with E-state index in [2.05, 4.69) is 265 Å². The van der Waals surface area contributed by atoms with Crippen molar-refractivity contribution in [3.63, 3.8) is 0 Å². The fraction of sp³-hybridized carbons (Fsp3) is 0. The molecule has 0 N–H and O–H groups in total. The van der Waals surface area contributed by atoms with Crippen molar-refractivity contribution in [2.75, 3.05) is 9.80 Å². The van der Waals surface area contributed by atoms with Gasteiger partial charge in [0.2, 0.25) is 0 Å². The molecule has 69 heavy (non-hydrogen) atoms. The number of anilines is 6. The second-order valence-electron chi connectivity index (χ2n) is 17.9. The number of nitrogens with zero attached hydrogens (tertiary/aromatic N) is 2. The van der Waals surface area contributed by atoms with Gasteiger partial charge in [-0.2, -0.15) is 0 Å². The largest absolute Gasteiger partial charge is 0.455 e. The highest BCUT2D eigenvalue weighted by Gasteiger charge is 2.27. The molecule has 0 amide bonds. The lowest BCUT2D eigenvalue weighted by Gasteiger charge is -2.30. The molecule has 0 radical (unpaired) electrons. The first-order valence-corrected chi connectivity index (χ1v) is 23.7. The third kappa shape index (κ3) is 6.14. The Bertz CT molecular complexity index is 4270. The van der Waals surface area contributed by atoms with Gasteiger partial charge < -0.3 is 14.2 Å². The highest BCUT2D eigenvalue weighted by atomic mass is 16.3. The lowest BCUT2D eigenvalue weighted by Crippen LogP contribution is -2.13. The topological polar surface area (TPSA) is 19.6 Å². The van der Waals surface area contributed by atoms with Crippen molar-refractivity contribution in [1.82, 2.24) is 0 Å². The maximum absolute atomic E-state index is 6.95. The number of hydrogen-bond acceptors (Lipinski definition) is 3. The Morgan fingerprint density at radius 1 is 0.275 bits per heavy atom. The molecule has 0 fully saturated rings. The maximum Gasteiger partial charge on any atom is 0.143 e. The molecule has 3 heteroatoms. The van der Waals surface area contributed by atoms with E-state index in [1.165, 1.54) is 38.2 Å². The Hall–Kier alpha value is -9.18. The third-order valence-corrected chi connectivity index (χ3v) is 14.2. The van der Waals surface area contributed by atoms with Crippen molar-refractivity contribution in [1.29, 1.82) is 0 Å². The summed E-state index contributed by atoms with van der Waals surface area (Å²) in [7, 11) is 0. The molecular formula is C66H42N2O. The highest BCUT2D eigenvalue weighted by molar-refractivity contribution is 6.31. The normalized spacial score (nSPS) is 12.0. The number of para-hydroxylation sites is 4. The van der Waals surface area contributed by atoms with Gasteiger partial charge in [-0.1, -0.05) is 182 Å². The molecule has 0 bridgehead atoms. The molecule has 322 valence electrons. The van der Waals surface area contributed by atoms with Gasteiger partial charge in [-0.15, -0.1) is 0 Å². The van der Waals surface area contributed by atoms with Crippen LogP contribution in [0.15, 0.2) is 259 Å². The minimum absolute atomic E-state index is 0.884. The number of rotatable bonds is 4. The summed E-state index contributed by atoms with van der Waals surface area (Å²) in [6.07, 6.45) is 0. The maximum atomic E-state index is 6.95. The van der Waals surface area contributed by atoms with E-state index >= 15 is 0 Å². The summed E-state index contributed by atoms with van der Waals surface area (Å²) in [5, 5.41) is 13.7. The summed E-state index contributed by atoms with van der Waals surface area (Å²) in [6, 6.07) is 92.9. The van der Waals surface area contributed by atoms with Crippen LogP contribution in [0.4, 0.5) is 34.1 Å². The fourth-order valence-corrected chi connectivity index (χ4v) is 11.2. The van der Waals surface area contributed by atoms with Gasteiger partial charge in [-0.25, -0.2) is 0 Å². The summed E-state index contributed by atoms with van der Waals surface area (Å²) < 4.78 is 6.95. The van der Waals surface area contributed by atoms with Crippen LogP contribution in [-0.2, 0) is 0 Å². The Labute approximate surface area is 399 Å². The van der Waals surface area contributed by atoms with Crippen LogP contribution in [0.3, 0.4) is 0 Å². The minimum Gasteiger partial charge on any atom is -0.455 e. The summed E-state index contributed by atoms with van der Waals surface area (Å²) >= 11 is 0. The lowest BCUT2D eigenvalue weighted by atomic mass is 9.93. The molecular weight excluding hydrogens is 837 g/mol. The van der Waals surface area contributed by atoms with Crippen LogP contribution in [0.1, 0.15) is 0 Å². The van der Waals surface area contributed by atoms with Gasteiger partial charge >= 0.3 is 0 Å². The van der Waals surface area contributed by atoms with E-state index in [4.69, 9.17) is 4.42 Å². The molecule has 0 aliphatic carbocycles. The van der Waals surface area contributed by atoms with Crippen molar-refractivity contribution >= 4 is 110 Å². The van der Waals surface area contributed by atoms with Gasteiger partial charge in [-0.3, -0.25) is 0 Å². The molecule has 1 aliphatic heterocycles. The van der Waals surface area contributed by atoms with E-state index in [1.54, 1.807) is 0 Å². The van der Waals surface area contributed by atoms with Crippen molar-refractivity contribution in [3.05, 3.63) is 255 Å². The molecule has 1 aliphatic rings. The zero-order chi connectivity index (χ0) is 45.4. The molecule has 0 atom stereocenters. The summed E-state index contributed by atoms with van der Waals surface area (Å²) in [5.74, 6) is 0. The van der Waals surface area contributed by atoms with Gasteiger partial charge in [0.1, 0.15) is 11.2 Å². The molecule has 0 unspecified atom stereocenters. The van der Waals surface area contributed by atoms with Crippen molar-refractivity contribution < 1.29 is 4.42 Å². The van der Waals surface area contributed by atoms with Crippen molar-refractivity contribution in [2.45, 2.75) is 0 Å². The smallest absolute Gasteiger partial charge is 0.143 e. The average molecular weight is 879 g/mol. The van der Waals surface area contributed by atoms with Gasteiger partial charge in [0.05, 0.1) is 11.4 Å². The number of fused-ring (bicyclic) bond motifs is 19. The minimum atomic E-state index is 0.884. The van der Waals surface area contributed by atoms with Gasteiger partial charge in [0.25, 0.3) is 0 Å². The zero-order valence-corrected chi connectivity index (χ0v) is 37.6. The van der Waals surface area contributed by atoms with E-state index < -0.39 is 0 Å². The quantitative estimate of drug-likeness (QED) is 0.176. The fourth-order valence-electron chi connectivity index (χ4n) is 11.2. The number of furan rings is 1. The molecule has 2 heterocycles. The van der Waals surface area contributed by atoms with Crippen molar-refractivity contribution in [2.24, 2.45) is 0 Å².